The van der Waals surface area contributed by atoms with Gasteiger partial charge in [-0.3, -0.25) is 0 Å². The standard InChI is InChI=1S/C10H11FN2/c1-7-4-10(13(2)3)8(6-12)5-9(7)11/h4-5H,1-3H3. The van der Waals surface area contributed by atoms with Crippen LogP contribution in [0.4, 0.5) is 10.1 Å². The van der Waals surface area contributed by atoms with Crippen molar-refractivity contribution in [3.05, 3.63) is 29.1 Å². The molecule has 68 valence electrons. The first kappa shape index (κ1) is 9.53. The summed E-state index contributed by atoms with van der Waals surface area (Å²) in [7, 11) is 3.65. The van der Waals surface area contributed by atoms with E-state index in [0.717, 1.165) is 5.69 Å². The van der Waals surface area contributed by atoms with Crippen molar-refractivity contribution < 1.29 is 4.39 Å². The van der Waals surface area contributed by atoms with Gasteiger partial charge in [0.25, 0.3) is 0 Å². The van der Waals surface area contributed by atoms with Crippen LogP contribution < -0.4 is 4.90 Å². The first-order valence-electron chi connectivity index (χ1n) is 3.94. The van der Waals surface area contributed by atoms with Gasteiger partial charge in [-0.15, -0.1) is 0 Å². The Kier molecular flexibility index (Phi) is 2.52. The Hall–Kier alpha value is -1.56. The van der Waals surface area contributed by atoms with E-state index in [9.17, 15) is 4.39 Å². The van der Waals surface area contributed by atoms with Gasteiger partial charge in [0, 0.05) is 14.1 Å². The molecule has 2 nitrogen and oxygen atoms in total. The minimum atomic E-state index is -0.331. The van der Waals surface area contributed by atoms with E-state index < -0.39 is 0 Å². The number of anilines is 1. The van der Waals surface area contributed by atoms with Gasteiger partial charge in [0.2, 0.25) is 0 Å². The van der Waals surface area contributed by atoms with Gasteiger partial charge in [-0.05, 0) is 24.6 Å². The van der Waals surface area contributed by atoms with E-state index in [1.54, 1.807) is 17.9 Å². The van der Waals surface area contributed by atoms with E-state index in [-0.39, 0.29) is 5.82 Å². The fourth-order valence-corrected chi connectivity index (χ4v) is 1.13. The van der Waals surface area contributed by atoms with Crippen molar-refractivity contribution in [2.75, 3.05) is 19.0 Å². The Morgan fingerprint density at radius 1 is 1.38 bits per heavy atom. The van der Waals surface area contributed by atoms with Crippen molar-refractivity contribution in [1.82, 2.24) is 0 Å². The third-order valence-corrected chi connectivity index (χ3v) is 1.88. The van der Waals surface area contributed by atoms with Crippen LogP contribution in [0.3, 0.4) is 0 Å². The van der Waals surface area contributed by atoms with Gasteiger partial charge in [0.1, 0.15) is 11.9 Å². The summed E-state index contributed by atoms with van der Waals surface area (Å²) in [5, 5.41) is 8.74. The molecule has 0 atom stereocenters. The highest BCUT2D eigenvalue weighted by Crippen LogP contribution is 2.21. The molecule has 13 heavy (non-hydrogen) atoms. The molecule has 0 spiro atoms. The van der Waals surface area contributed by atoms with Gasteiger partial charge in [-0.1, -0.05) is 0 Å². The third-order valence-electron chi connectivity index (χ3n) is 1.88. The molecule has 0 amide bonds. The van der Waals surface area contributed by atoms with Gasteiger partial charge in [-0.25, -0.2) is 4.39 Å². The van der Waals surface area contributed by atoms with Crippen molar-refractivity contribution >= 4 is 5.69 Å². The zero-order valence-corrected chi connectivity index (χ0v) is 7.93. The van der Waals surface area contributed by atoms with Gasteiger partial charge in [0.05, 0.1) is 11.3 Å². The van der Waals surface area contributed by atoms with E-state index in [1.165, 1.54) is 6.07 Å². The number of rotatable bonds is 1. The highest BCUT2D eigenvalue weighted by atomic mass is 19.1. The highest BCUT2D eigenvalue weighted by molar-refractivity contribution is 5.60. The number of aryl methyl sites for hydroxylation is 1. The molecule has 0 N–H and O–H groups in total. The smallest absolute Gasteiger partial charge is 0.127 e. The van der Waals surface area contributed by atoms with E-state index in [1.807, 2.05) is 20.2 Å². The van der Waals surface area contributed by atoms with Crippen LogP contribution in [0.5, 0.6) is 0 Å². The topological polar surface area (TPSA) is 27.0 Å². The van der Waals surface area contributed by atoms with Crippen LogP contribution in [0, 0.1) is 24.1 Å². The van der Waals surface area contributed by atoms with Crippen LogP contribution in [0.1, 0.15) is 11.1 Å². The molecule has 0 aliphatic heterocycles. The maximum atomic E-state index is 13.0. The van der Waals surface area contributed by atoms with E-state index in [2.05, 4.69) is 0 Å². The van der Waals surface area contributed by atoms with Gasteiger partial charge < -0.3 is 4.90 Å². The molecule has 0 aliphatic rings. The second-order valence-corrected chi connectivity index (χ2v) is 3.12. The quantitative estimate of drug-likeness (QED) is 0.658. The van der Waals surface area contributed by atoms with Crippen molar-refractivity contribution in [3.8, 4) is 6.07 Å². The molecule has 1 aromatic rings. The Labute approximate surface area is 77.2 Å². The summed E-state index contributed by atoms with van der Waals surface area (Å²) in [5.41, 5.74) is 1.68. The molecule has 0 radical (unpaired) electrons. The van der Waals surface area contributed by atoms with Gasteiger partial charge >= 0.3 is 0 Å². The number of hydrogen-bond acceptors (Lipinski definition) is 2. The molecule has 0 fully saturated rings. The Morgan fingerprint density at radius 2 is 2.00 bits per heavy atom. The SMILES string of the molecule is Cc1cc(N(C)C)c(C#N)cc1F. The first-order chi connectivity index (χ1) is 6.06. The predicted molar refractivity (Wildman–Crippen MR) is 50.2 cm³/mol. The number of halogens is 1. The second kappa shape index (κ2) is 3.44. The van der Waals surface area contributed by atoms with Crippen molar-refractivity contribution in [1.29, 1.82) is 5.26 Å². The van der Waals surface area contributed by atoms with E-state index in [4.69, 9.17) is 5.26 Å². The summed E-state index contributed by atoms with van der Waals surface area (Å²) in [5.74, 6) is -0.331. The molecule has 0 saturated heterocycles. The molecular formula is C10H11FN2. The normalized spacial score (nSPS) is 9.46. The predicted octanol–water partition coefficient (Wildman–Crippen LogP) is 2.07. The molecule has 0 aliphatic carbocycles. The van der Waals surface area contributed by atoms with E-state index >= 15 is 0 Å². The summed E-state index contributed by atoms with van der Waals surface area (Å²) < 4.78 is 13.0. The number of benzene rings is 1. The fourth-order valence-electron chi connectivity index (χ4n) is 1.13. The summed E-state index contributed by atoms with van der Waals surface area (Å²) in [6, 6.07) is 4.91. The van der Waals surface area contributed by atoms with Crippen LogP contribution >= 0.6 is 0 Å². The molecule has 0 aromatic heterocycles. The summed E-state index contributed by atoms with van der Waals surface area (Å²) in [4.78, 5) is 1.80. The zero-order valence-electron chi connectivity index (χ0n) is 7.93. The maximum Gasteiger partial charge on any atom is 0.127 e. The number of nitriles is 1. The van der Waals surface area contributed by atoms with Gasteiger partial charge in [-0.2, -0.15) is 5.26 Å². The molecule has 0 unspecified atom stereocenters. The van der Waals surface area contributed by atoms with Crippen molar-refractivity contribution in [2.45, 2.75) is 6.92 Å². The lowest BCUT2D eigenvalue weighted by Crippen LogP contribution is -2.11. The third kappa shape index (κ3) is 1.78. The molecule has 0 saturated carbocycles. The molecule has 1 aromatic carbocycles. The van der Waals surface area contributed by atoms with Crippen LogP contribution in [0.2, 0.25) is 0 Å². The summed E-state index contributed by atoms with van der Waals surface area (Å²) in [6.45, 7) is 1.68. The summed E-state index contributed by atoms with van der Waals surface area (Å²) in [6.07, 6.45) is 0. The fraction of sp³-hybridized carbons (Fsp3) is 0.300. The van der Waals surface area contributed by atoms with Crippen molar-refractivity contribution in [2.24, 2.45) is 0 Å². The minimum Gasteiger partial charge on any atom is -0.377 e. The van der Waals surface area contributed by atoms with E-state index in [0.29, 0.717) is 11.1 Å². The molecule has 1 rings (SSSR count). The first-order valence-corrected chi connectivity index (χ1v) is 3.94. The monoisotopic (exact) mass is 178 g/mol. The molecular weight excluding hydrogens is 167 g/mol. The van der Waals surface area contributed by atoms with Crippen LogP contribution in [-0.4, -0.2) is 14.1 Å². The zero-order chi connectivity index (χ0) is 10.0. The minimum absolute atomic E-state index is 0.331. The largest absolute Gasteiger partial charge is 0.377 e. The Balaban J connectivity index is 3.35. The average molecular weight is 178 g/mol. The Morgan fingerprint density at radius 3 is 2.46 bits per heavy atom. The molecule has 3 heteroatoms. The lowest BCUT2D eigenvalue weighted by molar-refractivity contribution is 0.618. The van der Waals surface area contributed by atoms with Crippen LogP contribution in [0.15, 0.2) is 12.1 Å². The molecule has 0 bridgehead atoms. The highest BCUT2D eigenvalue weighted by Gasteiger charge is 2.07. The maximum absolute atomic E-state index is 13.0. The lowest BCUT2D eigenvalue weighted by atomic mass is 10.1. The Bertz CT molecular complexity index is 364. The molecule has 0 heterocycles. The van der Waals surface area contributed by atoms with Crippen LogP contribution in [-0.2, 0) is 0 Å². The van der Waals surface area contributed by atoms with Crippen molar-refractivity contribution in [3.63, 3.8) is 0 Å². The van der Waals surface area contributed by atoms with Crippen LogP contribution in [0.25, 0.3) is 0 Å². The number of nitrogens with zero attached hydrogens (tertiary/aromatic N) is 2. The summed E-state index contributed by atoms with van der Waals surface area (Å²) >= 11 is 0. The van der Waals surface area contributed by atoms with Gasteiger partial charge in [0.15, 0.2) is 0 Å². The second-order valence-electron chi connectivity index (χ2n) is 3.12. The average Bonchev–Trinajstić information content (AvgIpc) is 2.08. The number of hydrogen-bond donors (Lipinski definition) is 0. The lowest BCUT2D eigenvalue weighted by Gasteiger charge is -2.14.